The minimum atomic E-state index is 0.432. The Morgan fingerprint density at radius 2 is 1.71 bits per heavy atom. The summed E-state index contributed by atoms with van der Waals surface area (Å²) in [7, 11) is 0. The van der Waals surface area contributed by atoms with E-state index in [0.29, 0.717) is 12.5 Å². The highest BCUT2D eigenvalue weighted by molar-refractivity contribution is 7.11. The van der Waals surface area contributed by atoms with Gasteiger partial charge in [-0.3, -0.25) is 0 Å². The van der Waals surface area contributed by atoms with Gasteiger partial charge < -0.3 is 5.73 Å². The van der Waals surface area contributed by atoms with Gasteiger partial charge in [0.05, 0.1) is 0 Å². The van der Waals surface area contributed by atoms with Crippen LogP contribution in [0.25, 0.3) is 27.8 Å². The van der Waals surface area contributed by atoms with E-state index in [2.05, 4.69) is 83.0 Å². The zero-order valence-corrected chi connectivity index (χ0v) is 18.5. The second-order valence-corrected chi connectivity index (χ2v) is 8.71. The summed E-state index contributed by atoms with van der Waals surface area (Å²) in [5.74, 6) is 0.432. The predicted octanol–water partition coefficient (Wildman–Crippen LogP) is 7.49. The summed E-state index contributed by atoms with van der Waals surface area (Å²) in [5.41, 5.74) is 17.6. The number of thiophene rings is 1. The summed E-state index contributed by atoms with van der Waals surface area (Å²) in [4.78, 5) is 1.28. The Balaban J connectivity index is 2.23. The van der Waals surface area contributed by atoms with E-state index in [1.165, 1.54) is 49.4 Å². The van der Waals surface area contributed by atoms with Gasteiger partial charge in [-0.05, 0) is 103 Å². The van der Waals surface area contributed by atoms with Crippen LogP contribution in [0.3, 0.4) is 0 Å². The predicted molar refractivity (Wildman–Crippen MR) is 126 cm³/mol. The lowest BCUT2D eigenvalue weighted by atomic mass is 9.84. The summed E-state index contributed by atoms with van der Waals surface area (Å²) in [6, 6.07) is 13.6. The maximum atomic E-state index is 5.95. The van der Waals surface area contributed by atoms with Gasteiger partial charge in [0.15, 0.2) is 0 Å². The second-order valence-electron chi connectivity index (χ2n) is 7.79. The lowest BCUT2D eigenvalue weighted by Gasteiger charge is -2.20. The lowest BCUT2D eigenvalue weighted by Crippen LogP contribution is -2.11. The number of rotatable bonds is 6. The lowest BCUT2D eigenvalue weighted by molar-refractivity contribution is 0.674. The zero-order valence-electron chi connectivity index (χ0n) is 17.7. The first-order chi connectivity index (χ1) is 13.4. The van der Waals surface area contributed by atoms with Crippen molar-refractivity contribution in [2.24, 2.45) is 5.73 Å². The van der Waals surface area contributed by atoms with Crippen molar-refractivity contribution in [2.45, 2.75) is 47.0 Å². The molecule has 1 atom stereocenters. The van der Waals surface area contributed by atoms with Crippen LogP contribution in [-0.4, -0.2) is 6.54 Å². The van der Waals surface area contributed by atoms with Crippen LogP contribution in [0.1, 0.15) is 53.3 Å². The average molecular weight is 390 g/mol. The van der Waals surface area contributed by atoms with Crippen LogP contribution in [0, 0.1) is 20.8 Å². The van der Waals surface area contributed by atoms with Crippen molar-refractivity contribution < 1.29 is 0 Å². The molecule has 0 spiro atoms. The van der Waals surface area contributed by atoms with Crippen molar-refractivity contribution in [1.82, 2.24) is 0 Å². The fourth-order valence-corrected chi connectivity index (χ4v) is 4.93. The molecule has 0 aliphatic heterocycles. The Hall–Kier alpha value is -2.16. The van der Waals surface area contributed by atoms with Crippen LogP contribution in [0.5, 0.6) is 0 Å². The molecule has 1 nitrogen and oxygen atoms in total. The summed E-state index contributed by atoms with van der Waals surface area (Å²) < 4.78 is 0. The number of hydrogen-bond acceptors (Lipinski definition) is 2. The minimum absolute atomic E-state index is 0.432. The quantitative estimate of drug-likeness (QED) is 0.464. The first kappa shape index (κ1) is 20.6. The smallest absolute Gasteiger partial charge is 0.0372 e. The molecule has 0 bridgehead atoms. The maximum absolute atomic E-state index is 5.95. The van der Waals surface area contributed by atoms with Crippen LogP contribution in [0.15, 0.2) is 48.4 Å². The molecule has 0 radical (unpaired) electrons. The van der Waals surface area contributed by atoms with Gasteiger partial charge in [0.1, 0.15) is 0 Å². The van der Waals surface area contributed by atoms with E-state index < -0.39 is 0 Å². The number of allylic oxidation sites excluding steroid dienone is 1. The van der Waals surface area contributed by atoms with E-state index in [1.54, 1.807) is 11.3 Å². The molecule has 0 aliphatic carbocycles. The van der Waals surface area contributed by atoms with Crippen LogP contribution in [-0.2, 0) is 0 Å². The van der Waals surface area contributed by atoms with Crippen molar-refractivity contribution in [1.29, 1.82) is 0 Å². The van der Waals surface area contributed by atoms with Crippen LogP contribution >= 0.6 is 11.3 Å². The molecular formula is C26H31NS. The first-order valence-electron chi connectivity index (χ1n) is 10.0. The first-order valence-corrected chi connectivity index (χ1v) is 10.9. The second kappa shape index (κ2) is 8.46. The fraction of sp³-hybridized carbons (Fsp3) is 0.308. The van der Waals surface area contributed by atoms with Crippen LogP contribution < -0.4 is 5.73 Å². The van der Waals surface area contributed by atoms with E-state index in [9.17, 15) is 0 Å². The Morgan fingerprint density at radius 3 is 2.29 bits per heavy atom. The number of aryl methyl sites for hydroxylation is 2. The monoisotopic (exact) mass is 389 g/mol. The van der Waals surface area contributed by atoms with Crippen molar-refractivity contribution in [2.75, 3.05) is 6.54 Å². The number of nitrogens with two attached hydrogens (primary N) is 1. The number of hydrogen-bond donors (Lipinski definition) is 1. The molecule has 1 aromatic heterocycles. The maximum Gasteiger partial charge on any atom is 0.0372 e. The van der Waals surface area contributed by atoms with Gasteiger partial charge in [-0.25, -0.2) is 0 Å². The largest absolute Gasteiger partial charge is 0.330 e. The van der Waals surface area contributed by atoms with Gasteiger partial charge in [0.25, 0.3) is 0 Å². The summed E-state index contributed by atoms with van der Waals surface area (Å²) >= 11 is 1.78. The van der Waals surface area contributed by atoms with E-state index in [0.717, 1.165) is 12.0 Å². The van der Waals surface area contributed by atoms with Crippen molar-refractivity contribution in [3.8, 4) is 22.3 Å². The van der Waals surface area contributed by atoms with Crippen LogP contribution in [0.4, 0.5) is 0 Å². The molecular weight excluding hydrogens is 358 g/mol. The van der Waals surface area contributed by atoms with Gasteiger partial charge in [0.2, 0.25) is 0 Å². The molecule has 1 heterocycles. The molecule has 2 heteroatoms. The molecule has 28 heavy (non-hydrogen) atoms. The highest BCUT2D eigenvalue weighted by Crippen LogP contribution is 2.43. The molecule has 0 amide bonds. The Labute approximate surface area is 173 Å². The molecule has 0 fully saturated rings. The third-order valence-electron chi connectivity index (χ3n) is 5.81. The van der Waals surface area contributed by atoms with E-state index in [-0.39, 0.29) is 0 Å². The van der Waals surface area contributed by atoms with E-state index in [4.69, 9.17) is 5.73 Å². The molecule has 2 aromatic carbocycles. The average Bonchev–Trinajstić information content (AvgIpc) is 3.16. The topological polar surface area (TPSA) is 26.0 Å². The molecule has 0 saturated heterocycles. The van der Waals surface area contributed by atoms with E-state index >= 15 is 0 Å². The number of benzene rings is 2. The third kappa shape index (κ3) is 3.72. The molecule has 0 aliphatic rings. The molecule has 0 saturated carbocycles. The van der Waals surface area contributed by atoms with Gasteiger partial charge in [-0.15, -0.1) is 11.3 Å². The van der Waals surface area contributed by atoms with Gasteiger partial charge in [-0.1, -0.05) is 43.8 Å². The van der Waals surface area contributed by atoms with Crippen molar-refractivity contribution >= 4 is 16.9 Å². The Kier molecular flexibility index (Phi) is 6.22. The van der Waals surface area contributed by atoms with Gasteiger partial charge in [-0.2, -0.15) is 0 Å². The highest BCUT2D eigenvalue weighted by Gasteiger charge is 2.19. The Bertz CT molecular complexity index is 988. The highest BCUT2D eigenvalue weighted by atomic mass is 32.1. The molecule has 2 N–H and O–H groups in total. The zero-order chi connectivity index (χ0) is 20.4. The third-order valence-corrected chi connectivity index (χ3v) is 6.89. The van der Waals surface area contributed by atoms with Crippen LogP contribution in [0.2, 0.25) is 0 Å². The van der Waals surface area contributed by atoms with E-state index in [1.807, 2.05) is 0 Å². The molecule has 3 aromatic rings. The molecule has 1 unspecified atom stereocenters. The summed E-state index contributed by atoms with van der Waals surface area (Å²) in [6.45, 7) is 15.9. The summed E-state index contributed by atoms with van der Waals surface area (Å²) in [6.07, 6.45) is 1.07. The normalized spacial score (nSPS) is 12.2. The Morgan fingerprint density at radius 1 is 1.04 bits per heavy atom. The van der Waals surface area contributed by atoms with Gasteiger partial charge in [0, 0.05) is 10.4 Å². The standard InChI is InChI=1S/C26H31NS/c1-7-20(15-27)21-8-10-22(11-9-21)24-18(5)14-17(4)19(6)25(24)23-12-13-28-26(23)16(2)3/h8-14,20H,2,7,15,27H2,1,3-6H3. The summed E-state index contributed by atoms with van der Waals surface area (Å²) in [5, 5.41) is 2.18. The fourth-order valence-electron chi connectivity index (χ4n) is 4.09. The molecule has 146 valence electrons. The van der Waals surface area contributed by atoms with Crippen molar-refractivity contribution in [3.63, 3.8) is 0 Å². The van der Waals surface area contributed by atoms with Crippen molar-refractivity contribution in [3.05, 3.63) is 75.5 Å². The SMILES string of the molecule is C=C(C)c1sccc1-c1c(C)c(C)cc(C)c1-c1ccc(C(CC)CN)cc1. The minimum Gasteiger partial charge on any atom is -0.330 e. The molecule has 3 rings (SSSR count). The van der Waals surface area contributed by atoms with Gasteiger partial charge >= 0.3 is 0 Å².